The third kappa shape index (κ3) is 2.49. The number of carbonyl (C=O) groups excluding carboxylic acids is 1. The van der Waals surface area contributed by atoms with Crippen molar-refractivity contribution in [3.8, 4) is 0 Å². The van der Waals surface area contributed by atoms with Gasteiger partial charge in [0.25, 0.3) is 5.91 Å². The molecule has 0 aliphatic heterocycles. The van der Waals surface area contributed by atoms with Gasteiger partial charge < -0.3 is 5.73 Å². The fourth-order valence-electron chi connectivity index (χ4n) is 2.90. The highest BCUT2D eigenvalue weighted by molar-refractivity contribution is 7.22. The van der Waals surface area contributed by atoms with Crippen molar-refractivity contribution in [3.63, 3.8) is 0 Å². The van der Waals surface area contributed by atoms with Gasteiger partial charge in [-0.05, 0) is 36.1 Å². The standard InChI is InChI=1S/C18H15N3OS/c19-13-10-9-11-5-1-2-6-12(11)16(13)17(22)21-18-20-14-7-3-4-8-15(14)23-18/h1-8H,9-10,19H2,(H,20,21,22). The number of amides is 1. The minimum Gasteiger partial charge on any atom is -0.401 e. The normalized spacial score (nSPS) is 13.9. The van der Waals surface area contributed by atoms with Crippen LogP contribution in [0.15, 0.2) is 54.2 Å². The Morgan fingerprint density at radius 1 is 1.09 bits per heavy atom. The smallest absolute Gasteiger partial charge is 0.259 e. The van der Waals surface area contributed by atoms with Crippen LogP contribution in [-0.2, 0) is 11.2 Å². The molecule has 1 aliphatic carbocycles. The first-order valence-corrected chi connectivity index (χ1v) is 8.28. The quantitative estimate of drug-likeness (QED) is 0.758. The van der Waals surface area contributed by atoms with E-state index in [1.54, 1.807) is 0 Å². The number of aromatic nitrogens is 1. The van der Waals surface area contributed by atoms with Crippen LogP contribution in [0.4, 0.5) is 5.13 Å². The predicted octanol–water partition coefficient (Wildman–Crippen LogP) is 3.55. The van der Waals surface area contributed by atoms with Crippen molar-refractivity contribution in [1.29, 1.82) is 0 Å². The first-order chi connectivity index (χ1) is 11.2. The summed E-state index contributed by atoms with van der Waals surface area (Å²) in [6.45, 7) is 0. The predicted molar refractivity (Wildman–Crippen MR) is 94.1 cm³/mol. The zero-order valence-electron chi connectivity index (χ0n) is 12.4. The molecule has 1 aliphatic rings. The highest BCUT2D eigenvalue weighted by Gasteiger charge is 2.23. The lowest BCUT2D eigenvalue weighted by molar-refractivity contribution is -0.111. The van der Waals surface area contributed by atoms with Crippen LogP contribution in [0.1, 0.15) is 17.5 Å². The number of rotatable bonds is 2. The van der Waals surface area contributed by atoms with Gasteiger partial charge in [0.05, 0.1) is 15.8 Å². The molecule has 1 heterocycles. The molecule has 0 atom stereocenters. The molecule has 23 heavy (non-hydrogen) atoms. The Balaban J connectivity index is 1.68. The van der Waals surface area contributed by atoms with Crippen LogP contribution in [0.3, 0.4) is 0 Å². The lowest BCUT2D eigenvalue weighted by Gasteiger charge is -2.20. The molecule has 0 saturated carbocycles. The SMILES string of the molecule is NC1=C(C(=O)Nc2nc3ccccc3s2)c2ccccc2CC1. The number of benzene rings is 2. The Bertz CT molecular complexity index is 909. The summed E-state index contributed by atoms with van der Waals surface area (Å²) in [5, 5.41) is 3.50. The first-order valence-electron chi connectivity index (χ1n) is 7.46. The minimum atomic E-state index is -0.186. The third-order valence-corrected chi connectivity index (χ3v) is 4.96. The molecule has 0 spiro atoms. The maximum absolute atomic E-state index is 12.7. The molecule has 0 unspecified atom stereocenters. The molecule has 0 fully saturated rings. The maximum Gasteiger partial charge on any atom is 0.259 e. The topological polar surface area (TPSA) is 68.0 Å². The number of nitrogens with zero attached hydrogens (tertiary/aromatic N) is 1. The molecule has 4 rings (SSSR count). The second-order valence-electron chi connectivity index (χ2n) is 5.50. The number of nitrogens with one attached hydrogen (secondary N) is 1. The highest BCUT2D eigenvalue weighted by atomic mass is 32.1. The van der Waals surface area contributed by atoms with Crippen LogP contribution >= 0.6 is 11.3 Å². The maximum atomic E-state index is 12.7. The molecule has 4 nitrogen and oxygen atoms in total. The third-order valence-electron chi connectivity index (χ3n) is 4.01. The van der Waals surface area contributed by atoms with Crippen molar-refractivity contribution in [2.45, 2.75) is 12.8 Å². The van der Waals surface area contributed by atoms with Gasteiger partial charge in [-0.15, -0.1) is 0 Å². The zero-order valence-corrected chi connectivity index (χ0v) is 13.2. The number of hydrogen-bond acceptors (Lipinski definition) is 4. The monoisotopic (exact) mass is 321 g/mol. The van der Waals surface area contributed by atoms with E-state index in [1.807, 2.05) is 48.5 Å². The van der Waals surface area contributed by atoms with E-state index in [2.05, 4.69) is 10.3 Å². The number of nitrogens with two attached hydrogens (primary N) is 1. The molecule has 5 heteroatoms. The van der Waals surface area contributed by atoms with Gasteiger partial charge >= 0.3 is 0 Å². The molecule has 3 aromatic rings. The van der Waals surface area contributed by atoms with Crippen molar-refractivity contribution in [1.82, 2.24) is 4.98 Å². The van der Waals surface area contributed by atoms with Gasteiger partial charge in [0.1, 0.15) is 0 Å². The van der Waals surface area contributed by atoms with E-state index in [0.717, 1.165) is 27.8 Å². The summed E-state index contributed by atoms with van der Waals surface area (Å²) in [7, 11) is 0. The van der Waals surface area contributed by atoms with Crippen molar-refractivity contribution in [3.05, 3.63) is 65.4 Å². The van der Waals surface area contributed by atoms with Gasteiger partial charge in [-0.1, -0.05) is 47.7 Å². The van der Waals surface area contributed by atoms with E-state index < -0.39 is 0 Å². The molecule has 0 saturated heterocycles. The molecule has 2 aromatic carbocycles. The van der Waals surface area contributed by atoms with Gasteiger partial charge in [0.2, 0.25) is 0 Å². The molecule has 114 valence electrons. The second-order valence-corrected chi connectivity index (χ2v) is 6.53. The fourth-order valence-corrected chi connectivity index (χ4v) is 3.76. The molecule has 1 amide bonds. The summed E-state index contributed by atoms with van der Waals surface area (Å²) < 4.78 is 1.05. The molecule has 1 aromatic heterocycles. The lowest BCUT2D eigenvalue weighted by Crippen LogP contribution is -2.21. The van der Waals surface area contributed by atoms with Crippen molar-refractivity contribution in [2.75, 3.05) is 5.32 Å². The summed E-state index contributed by atoms with van der Waals surface area (Å²) in [4.78, 5) is 17.2. The van der Waals surface area contributed by atoms with Crippen molar-refractivity contribution >= 4 is 38.2 Å². The largest absolute Gasteiger partial charge is 0.401 e. The molecular formula is C18H15N3OS. The van der Waals surface area contributed by atoms with Crippen molar-refractivity contribution in [2.24, 2.45) is 5.73 Å². The summed E-state index contributed by atoms with van der Waals surface area (Å²) in [6, 6.07) is 15.7. The molecule has 3 N–H and O–H groups in total. The van der Waals surface area contributed by atoms with Crippen LogP contribution < -0.4 is 11.1 Å². The zero-order chi connectivity index (χ0) is 15.8. The average molecular weight is 321 g/mol. The van der Waals surface area contributed by atoms with Crippen LogP contribution in [0.2, 0.25) is 0 Å². The van der Waals surface area contributed by atoms with E-state index in [0.29, 0.717) is 22.8 Å². The van der Waals surface area contributed by atoms with E-state index in [1.165, 1.54) is 11.3 Å². The Morgan fingerprint density at radius 3 is 2.74 bits per heavy atom. The number of carbonyl (C=O) groups is 1. The Kier molecular flexibility index (Phi) is 3.35. The Hall–Kier alpha value is -2.66. The number of para-hydroxylation sites is 1. The van der Waals surface area contributed by atoms with Crippen LogP contribution in [0.5, 0.6) is 0 Å². The van der Waals surface area contributed by atoms with E-state index in [-0.39, 0.29) is 5.91 Å². The number of anilines is 1. The second kappa shape index (κ2) is 5.52. The van der Waals surface area contributed by atoms with E-state index >= 15 is 0 Å². The van der Waals surface area contributed by atoms with Gasteiger partial charge in [-0.3, -0.25) is 10.1 Å². The minimum absolute atomic E-state index is 0.186. The van der Waals surface area contributed by atoms with Gasteiger partial charge in [0, 0.05) is 5.70 Å². The summed E-state index contributed by atoms with van der Waals surface area (Å²) in [5.41, 5.74) is 10.3. The lowest BCUT2D eigenvalue weighted by atomic mass is 9.88. The molecular weight excluding hydrogens is 306 g/mol. The average Bonchev–Trinajstić information content (AvgIpc) is 2.96. The number of aryl methyl sites for hydroxylation is 1. The molecule has 0 radical (unpaired) electrons. The van der Waals surface area contributed by atoms with E-state index in [4.69, 9.17) is 5.73 Å². The first kappa shape index (κ1) is 14.0. The van der Waals surface area contributed by atoms with Gasteiger partial charge in [-0.2, -0.15) is 0 Å². The Labute approximate surface area is 137 Å². The van der Waals surface area contributed by atoms with Gasteiger partial charge in [0.15, 0.2) is 5.13 Å². The summed E-state index contributed by atoms with van der Waals surface area (Å²) in [6.07, 6.45) is 1.58. The summed E-state index contributed by atoms with van der Waals surface area (Å²) >= 11 is 1.47. The van der Waals surface area contributed by atoms with Gasteiger partial charge in [-0.25, -0.2) is 4.98 Å². The van der Waals surface area contributed by atoms with Crippen LogP contribution in [0, 0.1) is 0 Å². The number of thiazole rings is 1. The Morgan fingerprint density at radius 2 is 1.87 bits per heavy atom. The highest BCUT2D eigenvalue weighted by Crippen LogP contribution is 2.31. The van der Waals surface area contributed by atoms with Crippen molar-refractivity contribution < 1.29 is 4.79 Å². The van der Waals surface area contributed by atoms with E-state index in [9.17, 15) is 4.79 Å². The number of allylic oxidation sites excluding steroid dienone is 1. The number of fused-ring (bicyclic) bond motifs is 2. The molecule has 0 bridgehead atoms. The van der Waals surface area contributed by atoms with Crippen LogP contribution in [-0.4, -0.2) is 10.9 Å². The fraction of sp³-hybridized carbons (Fsp3) is 0.111. The summed E-state index contributed by atoms with van der Waals surface area (Å²) in [5.74, 6) is -0.186. The number of hydrogen-bond donors (Lipinski definition) is 2. The van der Waals surface area contributed by atoms with Crippen LogP contribution in [0.25, 0.3) is 15.8 Å².